The average Bonchev–Trinajstić information content (AvgIpc) is 2.61. The average molecular weight is 334 g/mol. The fourth-order valence-electron chi connectivity index (χ4n) is 2.92. The second-order valence-electron chi connectivity index (χ2n) is 6.32. The molecule has 6 heteroatoms. The van der Waals surface area contributed by atoms with Crippen molar-refractivity contribution >= 4 is 11.7 Å². The van der Waals surface area contributed by atoms with Crippen LogP contribution in [0.15, 0.2) is 30.3 Å². The van der Waals surface area contributed by atoms with Crippen LogP contribution in [0.2, 0.25) is 0 Å². The lowest BCUT2D eigenvalue weighted by molar-refractivity contribution is 0.161. The molecule has 2 N–H and O–H groups in total. The van der Waals surface area contributed by atoms with Crippen molar-refractivity contribution in [3.63, 3.8) is 0 Å². The van der Waals surface area contributed by atoms with Crippen LogP contribution in [0.1, 0.15) is 12.8 Å². The van der Waals surface area contributed by atoms with Crippen molar-refractivity contribution in [2.45, 2.75) is 18.9 Å². The number of urea groups is 1. The van der Waals surface area contributed by atoms with Crippen molar-refractivity contribution < 1.29 is 9.53 Å². The molecule has 0 aromatic heterocycles. The largest absolute Gasteiger partial charge is 0.383 e. The van der Waals surface area contributed by atoms with Gasteiger partial charge in [0.2, 0.25) is 0 Å². The fourth-order valence-corrected chi connectivity index (χ4v) is 2.92. The first-order chi connectivity index (χ1) is 11.7. The van der Waals surface area contributed by atoms with Gasteiger partial charge in [-0.2, -0.15) is 0 Å². The van der Waals surface area contributed by atoms with Gasteiger partial charge in [-0.25, -0.2) is 4.79 Å². The molecule has 6 nitrogen and oxygen atoms in total. The molecule has 0 saturated carbocycles. The Morgan fingerprint density at radius 3 is 2.88 bits per heavy atom. The van der Waals surface area contributed by atoms with Gasteiger partial charge in [-0.05, 0) is 32.0 Å². The first-order valence-electron chi connectivity index (χ1n) is 8.71. The van der Waals surface area contributed by atoms with Gasteiger partial charge in [0.1, 0.15) is 0 Å². The molecule has 1 heterocycles. The van der Waals surface area contributed by atoms with Crippen molar-refractivity contribution in [2.75, 3.05) is 58.4 Å². The maximum atomic E-state index is 12.1. The third-order valence-corrected chi connectivity index (χ3v) is 4.33. The highest BCUT2D eigenvalue weighted by atomic mass is 16.5. The van der Waals surface area contributed by atoms with E-state index >= 15 is 0 Å². The molecule has 1 fully saturated rings. The second-order valence-corrected chi connectivity index (χ2v) is 6.32. The fraction of sp³-hybridized carbons (Fsp3) is 0.611. The van der Waals surface area contributed by atoms with Crippen LogP contribution >= 0.6 is 0 Å². The highest BCUT2D eigenvalue weighted by Gasteiger charge is 2.21. The maximum absolute atomic E-state index is 12.1. The number of piperidine rings is 1. The Morgan fingerprint density at radius 2 is 2.12 bits per heavy atom. The van der Waals surface area contributed by atoms with Gasteiger partial charge in [-0.3, -0.25) is 0 Å². The first-order valence-corrected chi connectivity index (χ1v) is 8.71. The van der Waals surface area contributed by atoms with Crippen molar-refractivity contribution in [3.8, 4) is 0 Å². The first kappa shape index (κ1) is 18.5. The van der Waals surface area contributed by atoms with E-state index in [1.807, 2.05) is 13.1 Å². The summed E-state index contributed by atoms with van der Waals surface area (Å²) in [5.41, 5.74) is 1.23. The summed E-state index contributed by atoms with van der Waals surface area (Å²) in [6.45, 7) is 4.95. The minimum absolute atomic E-state index is 0.0740. The van der Waals surface area contributed by atoms with E-state index in [9.17, 15) is 4.79 Å². The number of ether oxygens (including phenoxy) is 1. The number of carbonyl (C=O) groups is 1. The van der Waals surface area contributed by atoms with Gasteiger partial charge < -0.3 is 25.2 Å². The van der Waals surface area contributed by atoms with E-state index in [1.165, 1.54) is 5.69 Å². The van der Waals surface area contributed by atoms with E-state index in [0.717, 1.165) is 39.0 Å². The normalized spacial score (nSPS) is 17.8. The Balaban J connectivity index is 1.68. The third kappa shape index (κ3) is 6.37. The lowest BCUT2D eigenvalue weighted by atomic mass is 10.1. The standard InChI is InChI=1S/C18H30N4O2/c1-21(13-14-24-2)12-10-19-18(23)20-16-7-6-11-22(15-16)17-8-4-3-5-9-17/h3-5,8-9,16H,6-7,10-15H2,1-2H3,(H2,19,20,23)/t16-/m1/s1. The Bertz CT molecular complexity index is 483. The number of para-hydroxylation sites is 1. The zero-order valence-corrected chi connectivity index (χ0v) is 14.8. The molecular weight excluding hydrogens is 304 g/mol. The summed E-state index contributed by atoms with van der Waals surface area (Å²) in [6, 6.07) is 10.5. The highest BCUT2D eigenvalue weighted by molar-refractivity contribution is 5.74. The van der Waals surface area contributed by atoms with Crippen LogP contribution in [-0.4, -0.2) is 70.5 Å². The monoisotopic (exact) mass is 334 g/mol. The van der Waals surface area contributed by atoms with E-state index in [1.54, 1.807) is 7.11 Å². The molecule has 1 aliphatic heterocycles. The predicted molar refractivity (Wildman–Crippen MR) is 97.6 cm³/mol. The zero-order chi connectivity index (χ0) is 17.2. The van der Waals surface area contributed by atoms with Gasteiger partial charge in [-0.15, -0.1) is 0 Å². The molecule has 1 atom stereocenters. The number of benzene rings is 1. The second kappa shape index (κ2) is 10.2. The van der Waals surface area contributed by atoms with E-state index in [0.29, 0.717) is 13.2 Å². The maximum Gasteiger partial charge on any atom is 0.315 e. The number of amides is 2. The Kier molecular flexibility index (Phi) is 7.85. The van der Waals surface area contributed by atoms with Crippen LogP contribution in [-0.2, 0) is 4.74 Å². The van der Waals surface area contributed by atoms with E-state index < -0.39 is 0 Å². The van der Waals surface area contributed by atoms with Gasteiger partial charge >= 0.3 is 6.03 Å². The topological polar surface area (TPSA) is 56.8 Å². The summed E-state index contributed by atoms with van der Waals surface area (Å²) in [5.74, 6) is 0. The molecular formula is C18H30N4O2. The molecule has 1 aromatic rings. The molecule has 134 valence electrons. The van der Waals surface area contributed by atoms with Gasteiger partial charge in [0, 0.05) is 51.6 Å². The smallest absolute Gasteiger partial charge is 0.315 e. The Labute approximate surface area is 145 Å². The van der Waals surface area contributed by atoms with Crippen molar-refractivity contribution in [3.05, 3.63) is 30.3 Å². The molecule has 24 heavy (non-hydrogen) atoms. The van der Waals surface area contributed by atoms with Crippen LogP contribution in [0.5, 0.6) is 0 Å². The number of hydrogen-bond acceptors (Lipinski definition) is 4. The molecule has 0 radical (unpaired) electrons. The summed E-state index contributed by atoms with van der Waals surface area (Å²) in [5, 5.41) is 6.04. The number of likely N-dealkylation sites (N-methyl/N-ethyl adjacent to an activating group) is 1. The molecule has 0 bridgehead atoms. The van der Waals surface area contributed by atoms with E-state index in [-0.39, 0.29) is 12.1 Å². The van der Waals surface area contributed by atoms with Crippen molar-refractivity contribution in [2.24, 2.45) is 0 Å². The lowest BCUT2D eigenvalue weighted by Crippen LogP contribution is -2.51. The molecule has 2 rings (SSSR count). The van der Waals surface area contributed by atoms with Gasteiger partial charge in [0.05, 0.1) is 6.61 Å². The zero-order valence-electron chi connectivity index (χ0n) is 14.8. The Hall–Kier alpha value is -1.79. The summed E-state index contributed by atoms with van der Waals surface area (Å²) in [4.78, 5) is 16.5. The van der Waals surface area contributed by atoms with E-state index in [2.05, 4.69) is 44.7 Å². The number of anilines is 1. The SMILES string of the molecule is COCCN(C)CCNC(=O)N[C@@H]1CCCN(c2ccccc2)C1. The van der Waals surface area contributed by atoms with E-state index in [4.69, 9.17) is 4.74 Å². The van der Waals surface area contributed by atoms with Crippen molar-refractivity contribution in [1.82, 2.24) is 15.5 Å². The highest BCUT2D eigenvalue weighted by Crippen LogP contribution is 2.19. The van der Waals surface area contributed by atoms with Crippen LogP contribution in [0.4, 0.5) is 10.5 Å². The lowest BCUT2D eigenvalue weighted by Gasteiger charge is -2.34. The van der Waals surface area contributed by atoms with Crippen molar-refractivity contribution in [1.29, 1.82) is 0 Å². The van der Waals surface area contributed by atoms with Crippen LogP contribution in [0.25, 0.3) is 0 Å². The number of nitrogens with one attached hydrogen (secondary N) is 2. The summed E-state index contributed by atoms with van der Waals surface area (Å²) < 4.78 is 5.04. The van der Waals surface area contributed by atoms with Crippen LogP contribution in [0, 0.1) is 0 Å². The molecule has 1 aromatic carbocycles. The predicted octanol–water partition coefficient (Wildman–Crippen LogP) is 1.53. The number of hydrogen-bond donors (Lipinski definition) is 2. The number of rotatable bonds is 8. The van der Waals surface area contributed by atoms with Gasteiger partial charge in [-0.1, -0.05) is 18.2 Å². The summed E-state index contributed by atoms with van der Waals surface area (Å²) >= 11 is 0. The molecule has 2 amide bonds. The molecule has 1 saturated heterocycles. The number of carbonyl (C=O) groups excluding carboxylic acids is 1. The quantitative estimate of drug-likeness (QED) is 0.757. The molecule has 0 spiro atoms. The Morgan fingerprint density at radius 1 is 1.33 bits per heavy atom. The number of methoxy groups -OCH3 is 1. The minimum Gasteiger partial charge on any atom is -0.383 e. The van der Waals surface area contributed by atoms with Gasteiger partial charge in [0.25, 0.3) is 0 Å². The van der Waals surface area contributed by atoms with Gasteiger partial charge in [0.15, 0.2) is 0 Å². The number of nitrogens with zero attached hydrogens (tertiary/aromatic N) is 2. The molecule has 0 aliphatic carbocycles. The summed E-state index contributed by atoms with van der Waals surface area (Å²) in [7, 11) is 3.72. The third-order valence-electron chi connectivity index (χ3n) is 4.33. The van der Waals surface area contributed by atoms with Crippen LogP contribution in [0.3, 0.4) is 0 Å². The summed E-state index contributed by atoms with van der Waals surface area (Å²) in [6.07, 6.45) is 2.13. The molecule has 0 unspecified atom stereocenters. The van der Waals surface area contributed by atoms with Crippen LogP contribution < -0.4 is 15.5 Å². The minimum atomic E-state index is -0.0740. The molecule has 1 aliphatic rings.